The van der Waals surface area contributed by atoms with Crippen molar-refractivity contribution in [2.45, 2.75) is 37.8 Å². The van der Waals surface area contributed by atoms with Crippen molar-refractivity contribution in [1.82, 2.24) is 19.9 Å². The van der Waals surface area contributed by atoms with E-state index in [0.717, 1.165) is 74.5 Å². The Bertz CT molecular complexity index is 1020. The average molecular weight is 422 g/mol. The van der Waals surface area contributed by atoms with Crippen LogP contribution in [0.15, 0.2) is 36.9 Å². The van der Waals surface area contributed by atoms with Gasteiger partial charge in [0, 0.05) is 43.3 Å². The molecular formula is C22H27N7O2. The molecule has 9 nitrogen and oxygen atoms in total. The van der Waals surface area contributed by atoms with E-state index in [2.05, 4.69) is 42.3 Å². The molecule has 9 heteroatoms. The third-order valence-electron chi connectivity index (χ3n) is 5.87. The molecule has 1 aliphatic heterocycles. The first-order valence-electron chi connectivity index (χ1n) is 10.8. The lowest BCUT2D eigenvalue weighted by Gasteiger charge is -2.31. The molecule has 2 fully saturated rings. The van der Waals surface area contributed by atoms with E-state index in [9.17, 15) is 0 Å². The van der Waals surface area contributed by atoms with Gasteiger partial charge in [-0.05, 0) is 31.7 Å². The zero-order chi connectivity index (χ0) is 21.0. The zero-order valence-corrected chi connectivity index (χ0v) is 17.4. The quantitative estimate of drug-likeness (QED) is 0.642. The number of hydrogen-bond donors (Lipinski definition) is 2. The summed E-state index contributed by atoms with van der Waals surface area (Å²) in [4.78, 5) is 19.9. The van der Waals surface area contributed by atoms with Crippen molar-refractivity contribution in [2.75, 3.05) is 42.3 Å². The minimum Gasteiger partial charge on any atom is -0.488 e. The van der Waals surface area contributed by atoms with E-state index in [1.807, 2.05) is 0 Å². The van der Waals surface area contributed by atoms with E-state index in [0.29, 0.717) is 17.7 Å². The molecule has 1 aromatic carbocycles. The summed E-state index contributed by atoms with van der Waals surface area (Å²) in [7, 11) is 0. The first kappa shape index (κ1) is 19.7. The van der Waals surface area contributed by atoms with Crippen LogP contribution in [0, 0.1) is 0 Å². The Labute approximate surface area is 181 Å². The number of nitrogens with two attached hydrogens (primary N) is 1. The Morgan fingerprint density at radius 2 is 1.71 bits per heavy atom. The van der Waals surface area contributed by atoms with Crippen LogP contribution in [0.1, 0.15) is 25.7 Å². The van der Waals surface area contributed by atoms with Crippen LogP contribution in [0.4, 0.5) is 17.3 Å². The number of nitrogens with one attached hydrogen (secondary N) is 1. The normalized spacial score (nSPS) is 21.7. The molecule has 162 valence electrons. The van der Waals surface area contributed by atoms with Gasteiger partial charge in [-0.15, -0.1) is 0 Å². The van der Waals surface area contributed by atoms with Crippen LogP contribution in [-0.4, -0.2) is 58.4 Å². The summed E-state index contributed by atoms with van der Waals surface area (Å²) in [6, 6.07) is 4.53. The molecule has 0 unspecified atom stereocenters. The van der Waals surface area contributed by atoms with Gasteiger partial charge in [-0.2, -0.15) is 0 Å². The van der Waals surface area contributed by atoms with Crippen molar-refractivity contribution in [3.63, 3.8) is 0 Å². The molecule has 0 radical (unpaired) electrons. The number of rotatable bonds is 5. The summed E-state index contributed by atoms with van der Waals surface area (Å²) >= 11 is 0. The topological polar surface area (TPSA) is 111 Å². The van der Waals surface area contributed by atoms with Gasteiger partial charge in [-0.1, -0.05) is 0 Å². The molecule has 5 rings (SSSR count). The Morgan fingerprint density at radius 1 is 0.968 bits per heavy atom. The standard InChI is InChI=1S/C22H27N7O2/c23-15-13-26-22(27-14-15)28-16-1-3-18(4-2-16)31-20-12-17(29-7-9-30-10-8-29)11-19-21(20)25-6-5-24-19/h5-6,11-14,16,18H,1-4,7-10,23H2,(H,26,27,28)/t16-,18+. The molecule has 0 amide bonds. The third kappa shape index (κ3) is 4.61. The van der Waals surface area contributed by atoms with Crippen molar-refractivity contribution in [3.8, 4) is 5.75 Å². The molecule has 3 aromatic rings. The van der Waals surface area contributed by atoms with E-state index in [-0.39, 0.29) is 6.10 Å². The molecule has 0 bridgehead atoms. The Morgan fingerprint density at radius 3 is 2.48 bits per heavy atom. The molecule has 2 aliphatic rings. The highest BCUT2D eigenvalue weighted by Crippen LogP contribution is 2.33. The van der Waals surface area contributed by atoms with Crippen molar-refractivity contribution < 1.29 is 9.47 Å². The van der Waals surface area contributed by atoms with Crippen LogP contribution in [0.5, 0.6) is 5.75 Å². The number of anilines is 3. The van der Waals surface area contributed by atoms with Gasteiger partial charge in [0.1, 0.15) is 11.3 Å². The summed E-state index contributed by atoms with van der Waals surface area (Å²) in [5.74, 6) is 1.43. The average Bonchev–Trinajstić information content (AvgIpc) is 2.82. The van der Waals surface area contributed by atoms with Crippen LogP contribution in [0.3, 0.4) is 0 Å². The molecule has 2 aromatic heterocycles. The lowest BCUT2D eigenvalue weighted by atomic mass is 9.93. The van der Waals surface area contributed by atoms with E-state index in [1.165, 1.54) is 0 Å². The molecule has 1 saturated carbocycles. The number of fused-ring (bicyclic) bond motifs is 1. The maximum absolute atomic E-state index is 6.48. The Hall–Kier alpha value is -3.20. The summed E-state index contributed by atoms with van der Waals surface area (Å²) in [5, 5.41) is 3.40. The highest BCUT2D eigenvalue weighted by Gasteiger charge is 2.24. The van der Waals surface area contributed by atoms with Gasteiger partial charge in [-0.3, -0.25) is 4.98 Å². The number of nitrogens with zero attached hydrogens (tertiary/aromatic N) is 5. The van der Waals surface area contributed by atoms with E-state index in [1.54, 1.807) is 24.8 Å². The lowest BCUT2D eigenvalue weighted by molar-refractivity contribution is 0.122. The Balaban J connectivity index is 1.27. The fourth-order valence-corrected chi connectivity index (χ4v) is 4.22. The van der Waals surface area contributed by atoms with Gasteiger partial charge in [0.05, 0.1) is 42.9 Å². The minimum absolute atomic E-state index is 0.149. The zero-order valence-electron chi connectivity index (χ0n) is 17.4. The van der Waals surface area contributed by atoms with E-state index in [4.69, 9.17) is 15.2 Å². The van der Waals surface area contributed by atoms with Gasteiger partial charge < -0.3 is 25.4 Å². The van der Waals surface area contributed by atoms with E-state index < -0.39 is 0 Å². The minimum atomic E-state index is 0.149. The van der Waals surface area contributed by atoms with Gasteiger partial charge in [0.25, 0.3) is 0 Å². The molecule has 1 aliphatic carbocycles. The highest BCUT2D eigenvalue weighted by molar-refractivity contribution is 5.85. The maximum atomic E-state index is 6.48. The van der Waals surface area contributed by atoms with Crippen LogP contribution in [0.2, 0.25) is 0 Å². The maximum Gasteiger partial charge on any atom is 0.222 e. The number of morpholine rings is 1. The summed E-state index contributed by atoms with van der Waals surface area (Å²) in [6.45, 7) is 3.22. The van der Waals surface area contributed by atoms with E-state index >= 15 is 0 Å². The van der Waals surface area contributed by atoms with Gasteiger partial charge in [0.2, 0.25) is 5.95 Å². The van der Waals surface area contributed by atoms with Crippen molar-refractivity contribution >= 4 is 28.4 Å². The fraction of sp³-hybridized carbons (Fsp3) is 0.455. The van der Waals surface area contributed by atoms with Crippen molar-refractivity contribution in [2.24, 2.45) is 0 Å². The van der Waals surface area contributed by atoms with Crippen LogP contribution >= 0.6 is 0 Å². The summed E-state index contributed by atoms with van der Waals surface area (Å²) in [5.41, 5.74) is 9.01. The number of aromatic nitrogens is 4. The fourth-order valence-electron chi connectivity index (χ4n) is 4.22. The Kier molecular flexibility index (Phi) is 5.66. The summed E-state index contributed by atoms with van der Waals surface area (Å²) < 4.78 is 12.0. The second-order valence-corrected chi connectivity index (χ2v) is 8.04. The largest absolute Gasteiger partial charge is 0.488 e. The predicted octanol–water partition coefficient (Wildman–Crippen LogP) is 2.64. The second kappa shape index (κ2) is 8.89. The smallest absolute Gasteiger partial charge is 0.222 e. The molecule has 3 N–H and O–H groups in total. The molecule has 1 saturated heterocycles. The summed E-state index contributed by atoms with van der Waals surface area (Å²) in [6.07, 6.45) is 10.7. The molecule has 3 heterocycles. The van der Waals surface area contributed by atoms with Crippen LogP contribution in [-0.2, 0) is 4.74 Å². The van der Waals surface area contributed by atoms with Crippen molar-refractivity contribution in [1.29, 1.82) is 0 Å². The lowest BCUT2D eigenvalue weighted by Crippen LogP contribution is -2.36. The SMILES string of the molecule is Nc1cnc(N[C@H]2CC[C@@H](Oc3cc(N4CCOCC4)cc4nccnc34)CC2)nc1. The number of ether oxygens (including phenoxy) is 2. The van der Waals surface area contributed by atoms with Gasteiger partial charge >= 0.3 is 0 Å². The second-order valence-electron chi connectivity index (χ2n) is 8.04. The predicted molar refractivity (Wildman–Crippen MR) is 119 cm³/mol. The number of hydrogen-bond acceptors (Lipinski definition) is 9. The first-order chi connectivity index (χ1) is 15.2. The number of nitrogen functional groups attached to an aromatic ring is 1. The van der Waals surface area contributed by atoms with Gasteiger partial charge in [-0.25, -0.2) is 15.0 Å². The van der Waals surface area contributed by atoms with Crippen molar-refractivity contribution in [3.05, 3.63) is 36.9 Å². The molecule has 0 atom stereocenters. The highest BCUT2D eigenvalue weighted by atomic mass is 16.5. The molecule has 31 heavy (non-hydrogen) atoms. The monoisotopic (exact) mass is 421 g/mol. The van der Waals surface area contributed by atoms with Crippen LogP contribution < -0.4 is 20.7 Å². The third-order valence-corrected chi connectivity index (χ3v) is 5.87. The number of benzene rings is 1. The van der Waals surface area contributed by atoms with Gasteiger partial charge in [0.15, 0.2) is 0 Å². The molecular weight excluding hydrogens is 394 g/mol. The molecule has 0 spiro atoms. The van der Waals surface area contributed by atoms with Crippen LogP contribution in [0.25, 0.3) is 11.0 Å². The first-order valence-corrected chi connectivity index (χ1v) is 10.8.